The van der Waals surface area contributed by atoms with Crippen molar-refractivity contribution in [3.05, 3.63) is 69.6 Å². The predicted molar refractivity (Wildman–Crippen MR) is 112 cm³/mol. The Hall–Kier alpha value is -3.96. The zero-order valence-corrected chi connectivity index (χ0v) is 17.5. The summed E-state index contributed by atoms with van der Waals surface area (Å²) in [6.45, 7) is 2.15. The standard InChI is InChI=1S/C21H20F3N5O4/c1-13-2-4-14(5-3-13)20-28-27-19(33-20)9-8-18(30)26-11-10-25-16-7-6-15(21(22,23)24)12-17(16)29(31)32/h2-7,12,25H,8-11H2,1H3,(H,26,30). The fourth-order valence-corrected chi connectivity index (χ4v) is 2.88. The second-order valence-electron chi connectivity index (χ2n) is 7.13. The summed E-state index contributed by atoms with van der Waals surface area (Å²) in [5.41, 5.74) is -0.0157. The van der Waals surface area contributed by atoms with Gasteiger partial charge in [0.15, 0.2) is 0 Å². The lowest BCUT2D eigenvalue weighted by Crippen LogP contribution is -2.29. The van der Waals surface area contributed by atoms with Crippen LogP contribution in [0.1, 0.15) is 23.4 Å². The first-order valence-electron chi connectivity index (χ1n) is 9.89. The number of alkyl halides is 3. The van der Waals surface area contributed by atoms with Gasteiger partial charge in [-0.3, -0.25) is 14.9 Å². The van der Waals surface area contributed by atoms with E-state index in [1.807, 2.05) is 31.2 Å². The topological polar surface area (TPSA) is 123 Å². The molecule has 2 aromatic carbocycles. The molecule has 1 aromatic heterocycles. The first-order valence-corrected chi connectivity index (χ1v) is 9.89. The summed E-state index contributed by atoms with van der Waals surface area (Å²) in [5.74, 6) is 0.348. The largest absolute Gasteiger partial charge is 0.421 e. The number of carbonyl (C=O) groups is 1. The van der Waals surface area contributed by atoms with E-state index in [9.17, 15) is 28.1 Å². The van der Waals surface area contributed by atoms with Crippen molar-refractivity contribution in [1.29, 1.82) is 0 Å². The summed E-state index contributed by atoms with van der Waals surface area (Å²) in [6, 6.07) is 9.75. The number of aromatic nitrogens is 2. The number of rotatable bonds is 9. The first kappa shape index (κ1) is 23.7. The number of anilines is 1. The molecule has 1 heterocycles. The molecule has 12 heteroatoms. The molecule has 3 rings (SSSR count). The van der Waals surface area contributed by atoms with Crippen molar-refractivity contribution in [3.8, 4) is 11.5 Å². The highest BCUT2D eigenvalue weighted by atomic mass is 19.4. The molecule has 0 bridgehead atoms. The number of hydrogen-bond acceptors (Lipinski definition) is 7. The van der Waals surface area contributed by atoms with Gasteiger partial charge >= 0.3 is 6.18 Å². The molecule has 0 spiro atoms. The SMILES string of the molecule is Cc1ccc(-c2nnc(CCC(=O)NCCNc3ccc(C(F)(F)F)cc3[N+](=O)[O-])o2)cc1. The number of nitrogens with zero attached hydrogens (tertiary/aromatic N) is 3. The van der Waals surface area contributed by atoms with Gasteiger partial charge in [0.25, 0.3) is 5.69 Å². The smallest absolute Gasteiger partial charge is 0.416 e. The van der Waals surface area contributed by atoms with Crippen LogP contribution in [-0.2, 0) is 17.4 Å². The molecule has 0 radical (unpaired) electrons. The number of nitro groups is 1. The molecule has 3 aromatic rings. The zero-order valence-electron chi connectivity index (χ0n) is 17.5. The Balaban J connectivity index is 1.45. The van der Waals surface area contributed by atoms with Crippen LogP contribution in [0.2, 0.25) is 0 Å². The monoisotopic (exact) mass is 463 g/mol. The van der Waals surface area contributed by atoms with Gasteiger partial charge in [-0.1, -0.05) is 17.7 Å². The molecule has 1 amide bonds. The Morgan fingerprint density at radius 3 is 2.52 bits per heavy atom. The average molecular weight is 463 g/mol. The maximum atomic E-state index is 12.8. The molecule has 0 aliphatic carbocycles. The van der Waals surface area contributed by atoms with E-state index >= 15 is 0 Å². The Bertz CT molecular complexity index is 1130. The summed E-state index contributed by atoms with van der Waals surface area (Å²) in [5, 5.41) is 24.2. The molecule has 0 aliphatic rings. The van der Waals surface area contributed by atoms with Gasteiger partial charge in [0.1, 0.15) is 5.69 Å². The van der Waals surface area contributed by atoms with Crippen LogP contribution in [0.25, 0.3) is 11.5 Å². The maximum absolute atomic E-state index is 12.8. The summed E-state index contributed by atoms with van der Waals surface area (Å²) in [4.78, 5) is 22.2. The fourth-order valence-electron chi connectivity index (χ4n) is 2.88. The van der Waals surface area contributed by atoms with E-state index in [4.69, 9.17) is 4.42 Å². The zero-order chi connectivity index (χ0) is 24.0. The van der Waals surface area contributed by atoms with E-state index in [2.05, 4.69) is 20.8 Å². The predicted octanol–water partition coefficient (Wildman–Crippen LogP) is 4.13. The number of amides is 1. The minimum atomic E-state index is -4.68. The normalized spacial score (nSPS) is 11.3. The van der Waals surface area contributed by atoms with Crippen molar-refractivity contribution in [2.75, 3.05) is 18.4 Å². The van der Waals surface area contributed by atoms with E-state index in [0.29, 0.717) is 17.8 Å². The lowest BCUT2D eigenvalue weighted by Gasteiger charge is -2.11. The number of benzene rings is 2. The molecule has 2 N–H and O–H groups in total. The molecular weight excluding hydrogens is 443 g/mol. The maximum Gasteiger partial charge on any atom is 0.416 e. The second-order valence-corrected chi connectivity index (χ2v) is 7.13. The first-order chi connectivity index (χ1) is 15.6. The van der Waals surface area contributed by atoms with Crippen molar-refractivity contribution < 1.29 is 27.3 Å². The molecule has 33 heavy (non-hydrogen) atoms. The van der Waals surface area contributed by atoms with Gasteiger partial charge in [0.05, 0.1) is 10.5 Å². The van der Waals surface area contributed by atoms with Gasteiger partial charge in [-0.25, -0.2) is 0 Å². The Labute approximate surface area is 186 Å². The van der Waals surface area contributed by atoms with E-state index in [0.717, 1.165) is 23.3 Å². The number of nitro benzene ring substituents is 1. The number of halogens is 3. The van der Waals surface area contributed by atoms with E-state index in [1.165, 1.54) is 0 Å². The third kappa shape index (κ3) is 6.51. The van der Waals surface area contributed by atoms with Crippen LogP contribution in [0.3, 0.4) is 0 Å². The van der Waals surface area contributed by atoms with Crippen LogP contribution >= 0.6 is 0 Å². The molecule has 0 fully saturated rings. The summed E-state index contributed by atoms with van der Waals surface area (Å²) in [7, 11) is 0. The van der Waals surface area contributed by atoms with Crippen molar-refractivity contribution in [2.45, 2.75) is 25.9 Å². The van der Waals surface area contributed by atoms with Gasteiger partial charge in [-0.15, -0.1) is 10.2 Å². The van der Waals surface area contributed by atoms with Crippen molar-refractivity contribution >= 4 is 17.3 Å². The van der Waals surface area contributed by atoms with Crippen LogP contribution in [0, 0.1) is 17.0 Å². The molecule has 174 valence electrons. The van der Waals surface area contributed by atoms with E-state index in [1.54, 1.807) is 0 Å². The molecule has 0 aliphatic heterocycles. The quantitative estimate of drug-likeness (QED) is 0.278. The highest BCUT2D eigenvalue weighted by Gasteiger charge is 2.33. The Kier molecular flexibility index (Phi) is 7.26. The van der Waals surface area contributed by atoms with Gasteiger partial charge in [-0.05, 0) is 31.2 Å². The number of nitrogens with one attached hydrogen (secondary N) is 2. The Morgan fingerprint density at radius 1 is 1.12 bits per heavy atom. The number of hydrogen-bond donors (Lipinski definition) is 2. The number of carbonyl (C=O) groups excluding carboxylic acids is 1. The molecule has 0 unspecified atom stereocenters. The van der Waals surface area contributed by atoms with E-state index in [-0.39, 0.29) is 37.5 Å². The highest BCUT2D eigenvalue weighted by molar-refractivity contribution is 5.76. The lowest BCUT2D eigenvalue weighted by molar-refractivity contribution is -0.384. The molecule has 0 saturated heterocycles. The lowest BCUT2D eigenvalue weighted by atomic mass is 10.1. The van der Waals surface area contributed by atoms with Crippen LogP contribution < -0.4 is 10.6 Å². The van der Waals surface area contributed by atoms with Crippen LogP contribution in [0.4, 0.5) is 24.5 Å². The molecular formula is C21H20F3N5O4. The molecule has 0 saturated carbocycles. The average Bonchev–Trinajstić information content (AvgIpc) is 3.24. The van der Waals surface area contributed by atoms with Crippen molar-refractivity contribution in [2.24, 2.45) is 0 Å². The Morgan fingerprint density at radius 2 is 1.85 bits per heavy atom. The van der Waals surface area contributed by atoms with Gasteiger partial charge in [-0.2, -0.15) is 13.2 Å². The number of aryl methyl sites for hydroxylation is 2. The van der Waals surface area contributed by atoms with Gasteiger partial charge < -0.3 is 15.1 Å². The summed E-state index contributed by atoms with van der Waals surface area (Å²) >= 11 is 0. The van der Waals surface area contributed by atoms with E-state index < -0.39 is 22.4 Å². The highest BCUT2D eigenvalue weighted by Crippen LogP contribution is 2.34. The van der Waals surface area contributed by atoms with Gasteiger partial charge in [0, 0.05) is 37.6 Å². The van der Waals surface area contributed by atoms with Crippen LogP contribution in [0.15, 0.2) is 46.9 Å². The third-order valence-corrected chi connectivity index (χ3v) is 4.62. The van der Waals surface area contributed by atoms with Crippen molar-refractivity contribution in [1.82, 2.24) is 15.5 Å². The molecule has 0 atom stereocenters. The summed E-state index contributed by atoms with van der Waals surface area (Å²) < 4.78 is 43.8. The van der Waals surface area contributed by atoms with Gasteiger partial charge in [0.2, 0.25) is 17.7 Å². The second kappa shape index (κ2) is 10.1. The van der Waals surface area contributed by atoms with Crippen molar-refractivity contribution in [3.63, 3.8) is 0 Å². The minimum Gasteiger partial charge on any atom is -0.421 e. The minimum absolute atomic E-state index is 0.0725. The third-order valence-electron chi connectivity index (χ3n) is 4.62. The fraction of sp³-hybridized carbons (Fsp3) is 0.286. The summed E-state index contributed by atoms with van der Waals surface area (Å²) in [6.07, 6.45) is -4.38. The van der Waals surface area contributed by atoms with Crippen LogP contribution in [0.5, 0.6) is 0 Å². The van der Waals surface area contributed by atoms with Crippen LogP contribution in [-0.4, -0.2) is 34.1 Å². The molecule has 9 nitrogen and oxygen atoms in total.